The Labute approximate surface area is 124 Å². The molecule has 0 aromatic carbocycles. The van der Waals surface area contributed by atoms with Gasteiger partial charge in [-0.05, 0) is 27.2 Å². The Bertz CT molecular complexity index is 378. The van der Waals surface area contributed by atoms with Crippen molar-refractivity contribution in [2.75, 3.05) is 0 Å². The fraction of sp³-hybridized carbons (Fsp3) is 0.769. The van der Waals surface area contributed by atoms with Crippen molar-refractivity contribution in [2.24, 2.45) is 0 Å². The summed E-state index contributed by atoms with van der Waals surface area (Å²) in [5.41, 5.74) is 1.30. The molecule has 0 aromatic heterocycles. The summed E-state index contributed by atoms with van der Waals surface area (Å²) in [7, 11) is 0. The van der Waals surface area contributed by atoms with E-state index in [4.69, 9.17) is 4.74 Å². The van der Waals surface area contributed by atoms with Gasteiger partial charge in [0.1, 0.15) is 11.6 Å². The maximum absolute atomic E-state index is 11.9. The number of hydrazine groups is 1. The summed E-state index contributed by atoms with van der Waals surface area (Å²) in [6.45, 7) is 8.15. The number of nitrogens with zero attached hydrogens (tertiary/aromatic N) is 1. The quantitative estimate of drug-likeness (QED) is 0.524. The van der Waals surface area contributed by atoms with Gasteiger partial charge in [0.05, 0.1) is 0 Å². The molecule has 0 radical (unpaired) electrons. The number of ether oxygens (including phenoxy) is 1. The van der Waals surface area contributed by atoms with Crippen LogP contribution in [0.15, 0.2) is 0 Å². The second-order valence-electron chi connectivity index (χ2n) is 5.65. The third-order valence-corrected chi connectivity index (χ3v) is 2.37. The topological polar surface area (TPSA) is 108 Å². The molecule has 0 bridgehead atoms. The van der Waals surface area contributed by atoms with Crippen LogP contribution in [-0.2, 0) is 14.3 Å². The zero-order chi connectivity index (χ0) is 16.6. The van der Waals surface area contributed by atoms with Crippen LogP contribution in [-0.4, -0.2) is 39.9 Å². The highest BCUT2D eigenvalue weighted by Gasteiger charge is 2.25. The number of rotatable bonds is 5. The van der Waals surface area contributed by atoms with Crippen molar-refractivity contribution in [3.63, 3.8) is 0 Å². The highest BCUT2D eigenvalue weighted by Crippen LogP contribution is 2.08. The van der Waals surface area contributed by atoms with Gasteiger partial charge in [0.15, 0.2) is 0 Å². The van der Waals surface area contributed by atoms with Gasteiger partial charge in [-0.25, -0.2) is 10.2 Å². The van der Waals surface area contributed by atoms with Crippen LogP contribution in [0.25, 0.3) is 0 Å². The largest absolute Gasteiger partial charge is 0.444 e. The average molecular weight is 303 g/mol. The molecule has 0 saturated carbocycles. The van der Waals surface area contributed by atoms with Crippen molar-refractivity contribution in [3.8, 4) is 0 Å². The molecule has 0 saturated heterocycles. The van der Waals surface area contributed by atoms with Gasteiger partial charge in [0, 0.05) is 6.92 Å². The molecule has 1 atom stereocenters. The fourth-order valence-electron chi connectivity index (χ4n) is 1.39. The monoisotopic (exact) mass is 303 g/mol. The number of hydrogen-bond donors (Lipinski definition) is 3. The summed E-state index contributed by atoms with van der Waals surface area (Å²) < 4.78 is 5.08. The van der Waals surface area contributed by atoms with Crippen LogP contribution in [0.4, 0.5) is 4.79 Å². The number of carbonyl (C=O) groups is 3. The van der Waals surface area contributed by atoms with E-state index in [9.17, 15) is 19.6 Å². The lowest BCUT2D eigenvalue weighted by Gasteiger charge is -2.24. The molecular weight excluding hydrogens is 278 g/mol. The van der Waals surface area contributed by atoms with Crippen LogP contribution in [0, 0.1) is 0 Å². The minimum absolute atomic E-state index is 0.0814. The first kappa shape index (κ1) is 19.2. The number of hydroxylamine groups is 1. The number of nitrogens with one attached hydrogen (secondary N) is 2. The van der Waals surface area contributed by atoms with Gasteiger partial charge in [-0.3, -0.25) is 14.8 Å². The molecule has 3 N–H and O–H groups in total. The van der Waals surface area contributed by atoms with E-state index in [1.54, 1.807) is 20.8 Å². The molecule has 0 spiro atoms. The normalized spacial score (nSPS) is 12.3. The molecule has 122 valence electrons. The lowest BCUT2D eigenvalue weighted by Crippen LogP contribution is -2.53. The molecule has 0 aromatic rings. The summed E-state index contributed by atoms with van der Waals surface area (Å²) in [5.74, 6) is -1.43. The molecule has 0 heterocycles. The SMILES string of the molecule is CCCCC(NC(=O)OC(C)(C)C)C(=O)NN(O)C(C)=O. The van der Waals surface area contributed by atoms with E-state index < -0.39 is 29.6 Å². The summed E-state index contributed by atoms with van der Waals surface area (Å²) >= 11 is 0. The van der Waals surface area contributed by atoms with Gasteiger partial charge in [-0.2, -0.15) is 0 Å². The van der Waals surface area contributed by atoms with Crippen LogP contribution in [0.1, 0.15) is 53.9 Å². The van der Waals surface area contributed by atoms with E-state index in [1.807, 2.05) is 12.3 Å². The highest BCUT2D eigenvalue weighted by molar-refractivity contribution is 5.87. The van der Waals surface area contributed by atoms with Gasteiger partial charge in [-0.15, -0.1) is 5.17 Å². The average Bonchev–Trinajstić information content (AvgIpc) is 2.31. The minimum Gasteiger partial charge on any atom is -0.444 e. The molecular formula is C13H25N3O5. The van der Waals surface area contributed by atoms with Crippen molar-refractivity contribution in [3.05, 3.63) is 0 Å². The van der Waals surface area contributed by atoms with E-state index in [0.717, 1.165) is 13.3 Å². The van der Waals surface area contributed by atoms with Crippen LogP contribution < -0.4 is 10.7 Å². The second kappa shape index (κ2) is 8.46. The molecule has 8 heteroatoms. The maximum Gasteiger partial charge on any atom is 0.408 e. The number of carbonyl (C=O) groups excluding carboxylic acids is 3. The Balaban J connectivity index is 4.67. The molecule has 0 fully saturated rings. The van der Waals surface area contributed by atoms with E-state index in [1.165, 1.54) is 0 Å². The summed E-state index contributed by atoms with van der Waals surface area (Å²) in [6, 6.07) is -0.895. The molecule has 21 heavy (non-hydrogen) atoms. The van der Waals surface area contributed by atoms with Gasteiger partial charge in [0.2, 0.25) is 0 Å². The Morgan fingerprint density at radius 3 is 2.29 bits per heavy atom. The summed E-state index contributed by atoms with van der Waals surface area (Å²) in [6.07, 6.45) is 1.16. The maximum atomic E-state index is 11.9. The molecule has 3 amide bonds. The smallest absolute Gasteiger partial charge is 0.408 e. The lowest BCUT2D eigenvalue weighted by atomic mass is 10.1. The Morgan fingerprint density at radius 2 is 1.86 bits per heavy atom. The van der Waals surface area contributed by atoms with E-state index in [0.29, 0.717) is 12.8 Å². The zero-order valence-corrected chi connectivity index (χ0v) is 13.2. The molecule has 0 aliphatic heterocycles. The van der Waals surface area contributed by atoms with Crippen molar-refractivity contribution in [1.82, 2.24) is 15.9 Å². The standard InChI is InChI=1S/C13H25N3O5/c1-6-7-8-10(11(18)15-16(20)9(2)17)14-12(19)21-13(3,4)5/h10,20H,6-8H2,1-5H3,(H,14,19)(H,15,18). The van der Waals surface area contributed by atoms with Gasteiger partial charge in [0.25, 0.3) is 11.8 Å². The van der Waals surface area contributed by atoms with Gasteiger partial charge in [-0.1, -0.05) is 19.8 Å². The third-order valence-electron chi connectivity index (χ3n) is 2.37. The first-order chi connectivity index (χ1) is 9.56. The van der Waals surface area contributed by atoms with Crippen molar-refractivity contribution in [2.45, 2.75) is 65.5 Å². The fourth-order valence-corrected chi connectivity index (χ4v) is 1.39. The third kappa shape index (κ3) is 8.85. The van der Waals surface area contributed by atoms with Crippen LogP contribution in [0.3, 0.4) is 0 Å². The van der Waals surface area contributed by atoms with Crippen molar-refractivity contribution in [1.29, 1.82) is 0 Å². The molecule has 1 unspecified atom stereocenters. The van der Waals surface area contributed by atoms with E-state index in [2.05, 4.69) is 5.32 Å². The van der Waals surface area contributed by atoms with Gasteiger partial charge >= 0.3 is 6.09 Å². The van der Waals surface area contributed by atoms with E-state index >= 15 is 0 Å². The number of amides is 3. The molecule has 0 aliphatic rings. The van der Waals surface area contributed by atoms with E-state index in [-0.39, 0.29) is 5.17 Å². The number of alkyl carbamates (subject to hydrolysis) is 1. The minimum atomic E-state index is -0.895. The second-order valence-corrected chi connectivity index (χ2v) is 5.65. The van der Waals surface area contributed by atoms with Crippen LogP contribution in [0.5, 0.6) is 0 Å². The van der Waals surface area contributed by atoms with Gasteiger partial charge < -0.3 is 10.1 Å². The first-order valence-electron chi connectivity index (χ1n) is 6.86. The molecule has 8 nitrogen and oxygen atoms in total. The highest BCUT2D eigenvalue weighted by atomic mass is 16.6. The summed E-state index contributed by atoms with van der Waals surface area (Å²) in [5, 5.41) is 11.7. The van der Waals surface area contributed by atoms with Crippen LogP contribution in [0.2, 0.25) is 0 Å². The van der Waals surface area contributed by atoms with Crippen LogP contribution >= 0.6 is 0 Å². The zero-order valence-electron chi connectivity index (χ0n) is 13.2. The van der Waals surface area contributed by atoms with Crippen molar-refractivity contribution < 1.29 is 24.3 Å². The predicted octanol–water partition coefficient (Wildman–Crippen LogP) is 1.34. The molecule has 0 rings (SSSR count). The predicted molar refractivity (Wildman–Crippen MR) is 75.1 cm³/mol. The number of hydrogen-bond acceptors (Lipinski definition) is 5. The first-order valence-corrected chi connectivity index (χ1v) is 6.86. The Morgan fingerprint density at radius 1 is 1.29 bits per heavy atom. The lowest BCUT2D eigenvalue weighted by molar-refractivity contribution is -0.182. The number of unbranched alkanes of at least 4 members (excludes halogenated alkanes) is 1. The summed E-state index contributed by atoms with van der Waals surface area (Å²) in [4.78, 5) is 34.5. The Hall–Kier alpha value is -1.83. The Kier molecular flexibility index (Phi) is 7.72. The van der Waals surface area contributed by atoms with Crippen molar-refractivity contribution >= 4 is 17.9 Å². The molecule has 0 aliphatic carbocycles.